The van der Waals surface area contributed by atoms with Gasteiger partial charge in [0.25, 0.3) is 0 Å². The molecular formula is C9H13FN2OS. The van der Waals surface area contributed by atoms with Crippen LogP contribution in [0.25, 0.3) is 0 Å². The fourth-order valence-electron chi connectivity index (χ4n) is 1.74. The predicted molar refractivity (Wildman–Crippen MR) is 54.6 cm³/mol. The number of anilines is 1. The van der Waals surface area contributed by atoms with Crippen LogP contribution in [0.4, 0.5) is 9.52 Å². The second-order valence-corrected chi connectivity index (χ2v) is 4.79. The Labute approximate surface area is 86.2 Å². The molecule has 1 aliphatic rings. The molecule has 0 spiro atoms. The van der Waals surface area contributed by atoms with Gasteiger partial charge in [-0.1, -0.05) is 0 Å². The summed E-state index contributed by atoms with van der Waals surface area (Å²) in [5.41, 5.74) is 0. The van der Waals surface area contributed by atoms with E-state index in [2.05, 4.69) is 4.98 Å². The zero-order valence-corrected chi connectivity index (χ0v) is 8.80. The lowest BCUT2D eigenvalue weighted by Crippen LogP contribution is -2.32. The Morgan fingerprint density at radius 1 is 1.79 bits per heavy atom. The summed E-state index contributed by atoms with van der Waals surface area (Å²) in [7, 11) is 0. The predicted octanol–water partition coefficient (Wildman–Crippen LogP) is 1.36. The molecule has 78 valence electrons. The molecule has 0 radical (unpaired) electrons. The third-order valence-electron chi connectivity index (χ3n) is 2.43. The number of alkyl halides is 1. The Bertz CT molecular complexity index is 318. The standard InChI is InChI=1S/C9H13FN2OS/c1-6-3-11-9(14-6)12-4-7(10)2-8(12)5-13/h3,7-8,13H,2,4-5H2,1H3/t7-,8-/m0/s1. The van der Waals surface area contributed by atoms with Crippen molar-refractivity contribution in [3.63, 3.8) is 0 Å². The molecule has 1 fully saturated rings. The molecule has 2 rings (SSSR count). The van der Waals surface area contributed by atoms with E-state index in [0.717, 1.165) is 10.0 Å². The molecule has 0 unspecified atom stereocenters. The van der Waals surface area contributed by atoms with Crippen LogP contribution < -0.4 is 4.90 Å². The molecule has 3 nitrogen and oxygen atoms in total. The molecule has 0 aliphatic carbocycles. The first-order valence-electron chi connectivity index (χ1n) is 4.64. The first-order chi connectivity index (χ1) is 6.70. The van der Waals surface area contributed by atoms with Crippen LogP contribution in [0.5, 0.6) is 0 Å². The second-order valence-electron chi connectivity index (χ2n) is 3.58. The number of thiazole rings is 1. The highest BCUT2D eigenvalue weighted by molar-refractivity contribution is 7.15. The number of nitrogens with zero attached hydrogens (tertiary/aromatic N) is 2. The number of aliphatic hydroxyl groups is 1. The molecule has 1 aromatic rings. The van der Waals surface area contributed by atoms with Gasteiger partial charge >= 0.3 is 0 Å². The van der Waals surface area contributed by atoms with E-state index in [-0.39, 0.29) is 12.6 Å². The molecule has 1 aromatic heterocycles. The highest BCUT2D eigenvalue weighted by atomic mass is 32.1. The highest BCUT2D eigenvalue weighted by Gasteiger charge is 2.33. The van der Waals surface area contributed by atoms with Gasteiger partial charge in [-0.15, -0.1) is 11.3 Å². The van der Waals surface area contributed by atoms with E-state index in [4.69, 9.17) is 5.11 Å². The first-order valence-corrected chi connectivity index (χ1v) is 5.46. The second kappa shape index (κ2) is 3.82. The van der Waals surface area contributed by atoms with Crippen LogP contribution in [0.1, 0.15) is 11.3 Å². The van der Waals surface area contributed by atoms with Crippen molar-refractivity contribution < 1.29 is 9.50 Å². The van der Waals surface area contributed by atoms with Crippen molar-refractivity contribution in [3.8, 4) is 0 Å². The lowest BCUT2D eigenvalue weighted by atomic mass is 10.2. The number of halogens is 1. The molecule has 5 heteroatoms. The van der Waals surface area contributed by atoms with Crippen molar-refractivity contribution in [2.45, 2.75) is 25.6 Å². The zero-order chi connectivity index (χ0) is 10.1. The first kappa shape index (κ1) is 9.86. The van der Waals surface area contributed by atoms with Gasteiger partial charge in [-0.05, 0) is 6.92 Å². The van der Waals surface area contributed by atoms with Crippen molar-refractivity contribution in [3.05, 3.63) is 11.1 Å². The van der Waals surface area contributed by atoms with E-state index in [0.29, 0.717) is 13.0 Å². The Morgan fingerprint density at radius 2 is 2.57 bits per heavy atom. The van der Waals surface area contributed by atoms with Gasteiger partial charge in [-0.3, -0.25) is 0 Å². The number of aryl methyl sites for hydroxylation is 1. The van der Waals surface area contributed by atoms with E-state index in [1.165, 1.54) is 0 Å². The minimum Gasteiger partial charge on any atom is -0.394 e. The van der Waals surface area contributed by atoms with Gasteiger partial charge in [0.15, 0.2) is 5.13 Å². The minimum absolute atomic E-state index is 0.000945. The quantitative estimate of drug-likeness (QED) is 0.811. The average molecular weight is 216 g/mol. The van der Waals surface area contributed by atoms with Gasteiger partial charge < -0.3 is 10.0 Å². The Morgan fingerprint density at radius 3 is 3.14 bits per heavy atom. The third kappa shape index (κ3) is 1.74. The minimum atomic E-state index is -0.837. The van der Waals surface area contributed by atoms with Crippen LogP contribution in [0.2, 0.25) is 0 Å². The molecule has 0 bridgehead atoms. The van der Waals surface area contributed by atoms with E-state index in [1.807, 2.05) is 11.8 Å². The molecule has 0 aromatic carbocycles. The monoisotopic (exact) mass is 216 g/mol. The topological polar surface area (TPSA) is 36.4 Å². The highest BCUT2D eigenvalue weighted by Crippen LogP contribution is 2.30. The Hall–Kier alpha value is -0.680. The van der Waals surface area contributed by atoms with Gasteiger partial charge in [-0.2, -0.15) is 0 Å². The Kier molecular flexibility index (Phi) is 2.69. The summed E-state index contributed by atoms with van der Waals surface area (Å²) in [6, 6.07) is -0.101. The number of hydrogen-bond acceptors (Lipinski definition) is 4. The fourth-order valence-corrected chi connectivity index (χ4v) is 2.58. The van der Waals surface area contributed by atoms with Crippen molar-refractivity contribution in [1.29, 1.82) is 0 Å². The lowest BCUT2D eigenvalue weighted by molar-refractivity contribution is 0.255. The largest absolute Gasteiger partial charge is 0.394 e. The fraction of sp³-hybridized carbons (Fsp3) is 0.667. The van der Waals surface area contributed by atoms with Crippen molar-refractivity contribution in [2.75, 3.05) is 18.1 Å². The van der Waals surface area contributed by atoms with Crippen LogP contribution in [-0.2, 0) is 0 Å². The van der Waals surface area contributed by atoms with E-state index >= 15 is 0 Å². The van der Waals surface area contributed by atoms with E-state index in [9.17, 15) is 4.39 Å². The summed E-state index contributed by atoms with van der Waals surface area (Å²) in [4.78, 5) is 7.17. The summed E-state index contributed by atoms with van der Waals surface area (Å²) >= 11 is 1.54. The van der Waals surface area contributed by atoms with E-state index < -0.39 is 6.17 Å². The van der Waals surface area contributed by atoms with Crippen molar-refractivity contribution in [1.82, 2.24) is 4.98 Å². The van der Waals surface area contributed by atoms with E-state index in [1.54, 1.807) is 17.5 Å². The lowest BCUT2D eigenvalue weighted by Gasteiger charge is -2.21. The van der Waals surface area contributed by atoms with Gasteiger partial charge in [0.05, 0.1) is 19.2 Å². The molecule has 1 N–H and O–H groups in total. The molecule has 2 atom stereocenters. The summed E-state index contributed by atoms with van der Waals surface area (Å²) < 4.78 is 13.1. The number of hydrogen-bond donors (Lipinski definition) is 1. The molecule has 2 heterocycles. The van der Waals surface area contributed by atoms with Gasteiger partial charge in [-0.25, -0.2) is 9.37 Å². The van der Waals surface area contributed by atoms with Crippen LogP contribution >= 0.6 is 11.3 Å². The molecule has 0 amide bonds. The van der Waals surface area contributed by atoms with Gasteiger partial charge in [0.2, 0.25) is 0 Å². The van der Waals surface area contributed by atoms with Crippen LogP contribution in [0.15, 0.2) is 6.20 Å². The maximum Gasteiger partial charge on any atom is 0.185 e. The summed E-state index contributed by atoms with van der Waals surface area (Å²) in [5, 5.41) is 9.91. The van der Waals surface area contributed by atoms with Crippen LogP contribution in [0, 0.1) is 6.92 Å². The van der Waals surface area contributed by atoms with Crippen molar-refractivity contribution in [2.24, 2.45) is 0 Å². The SMILES string of the molecule is Cc1cnc(N2C[C@@H](F)C[C@H]2CO)s1. The summed E-state index contributed by atoms with van der Waals surface area (Å²) in [5.74, 6) is 0. The zero-order valence-electron chi connectivity index (χ0n) is 7.98. The normalized spacial score (nSPS) is 27.2. The van der Waals surface area contributed by atoms with Crippen molar-refractivity contribution >= 4 is 16.5 Å². The number of aromatic nitrogens is 1. The molecule has 1 aliphatic heterocycles. The molecule has 0 saturated carbocycles. The molecule has 14 heavy (non-hydrogen) atoms. The van der Waals surface area contributed by atoms with Gasteiger partial charge in [0, 0.05) is 17.5 Å². The van der Waals surface area contributed by atoms with Crippen LogP contribution in [0.3, 0.4) is 0 Å². The summed E-state index contributed by atoms with van der Waals surface area (Å²) in [6.45, 7) is 2.33. The molecular weight excluding hydrogens is 203 g/mol. The number of aliphatic hydroxyl groups excluding tert-OH is 1. The number of rotatable bonds is 2. The average Bonchev–Trinajstić information content (AvgIpc) is 2.71. The van der Waals surface area contributed by atoms with Crippen LogP contribution in [-0.4, -0.2) is 35.5 Å². The summed E-state index contributed by atoms with van der Waals surface area (Å²) in [6.07, 6.45) is 1.35. The molecule has 1 saturated heterocycles. The smallest absolute Gasteiger partial charge is 0.185 e. The maximum atomic E-state index is 13.1. The Balaban J connectivity index is 2.17. The van der Waals surface area contributed by atoms with Gasteiger partial charge in [0.1, 0.15) is 6.17 Å². The third-order valence-corrected chi connectivity index (χ3v) is 3.38. The maximum absolute atomic E-state index is 13.1.